The predicted molar refractivity (Wildman–Crippen MR) is 147 cm³/mol. The highest BCUT2D eigenvalue weighted by molar-refractivity contribution is 5.93. The van der Waals surface area contributed by atoms with Gasteiger partial charge < -0.3 is 20.1 Å². The number of amides is 1. The summed E-state index contributed by atoms with van der Waals surface area (Å²) in [5, 5.41) is 4.31. The van der Waals surface area contributed by atoms with Gasteiger partial charge in [-0.2, -0.15) is 5.10 Å². The van der Waals surface area contributed by atoms with Gasteiger partial charge in [-0.25, -0.2) is 4.98 Å². The van der Waals surface area contributed by atoms with Gasteiger partial charge in [0.15, 0.2) is 0 Å². The molecular formula is C27H42N6O3. The molecule has 1 aromatic carbocycles. The van der Waals surface area contributed by atoms with Crippen molar-refractivity contribution in [3.05, 3.63) is 47.7 Å². The lowest BCUT2D eigenvalue weighted by Crippen LogP contribution is -2.38. The normalized spacial score (nSPS) is 13.7. The summed E-state index contributed by atoms with van der Waals surface area (Å²) >= 11 is 0. The lowest BCUT2D eigenvalue weighted by Gasteiger charge is -2.26. The van der Waals surface area contributed by atoms with E-state index in [9.17, 15) is 4.79 Å². The summed E-state index contributed by atoms with van der Waals surface area (Å²) in [7, 11) is 0. The van der Waals surface area contributed by atoms with Gasteiger partial charge in [-0.15, -0.1) is 0 Å². The average Bonchev–Trinajstić information content (AvgIpc) is 2.90. The molecule has 1 saturated heterocycles. The Morgan fingerprint density at radius 1 is 1.19 bits per heavy atom. The van der Waals surface area contributed by atoms with E-state index in [1.165, 1.54) is 0 Å². The molecule has 2 aromatic rings. The number of morpholine rings is 1. The number of hydrazone groups is 1. The number of pyridine rings is 1. The van der Waals surface area contributed by atoms with Gasteiger partial charge in [0, 0.05) is 50.0 Å². The summed E-state index contributed by atoms with van der Waals surface area (Å²) in [5.74, 6) is 0.105. The maximum Gasteiger partial charge on any atom is 0.248 e. The van der Waals surface area contributed by atoms with Gasteiger partial charge in [0.25, 0.3) is 0 Å². The van der Waals surface area contributed by atoms with Crippen LogP contribution in [0, 0.1) is 0 Å². The SMILES string of the molecule is CC.CCCN(CCC)c1cc(/C=N/Nc2cccc(C(N)=O)c2)nc(OCCN2CCOCC2)c1. The van der Waals surface area contributed by atoms with E-state index in [2.05, 4.69) is 39.2 Å². The maximum absolute atomic E-state index is 11.4. The number of carbonyl (C=O) groups excluding carboxylic acids is 1. The molecule has 2 heterocycles. The van der Waals surface area contributed by atoms with Crippen molar-refractivity contribution in [2.24, 2.45) is 10.8 Å². The van der Waals surface area contributed by atoms with Crippen molar-refractivity contribution in [3.8, 4) is 5.88 Å². The molecular weight excluding hydrogens is 456 g/mol. The first kappa shape index (κ1) is 29.1. The second-order valence-electron chi connectivity index (χ2n) is 8.19. The van der Waals surface area contributed by atoms with Gasteiger partial charge in [-0.3, -0.25) is 15.1 Å². The Morgan fingerprint density at radius 3 is 2.58 bits per heavy atom. The number of anilines is 2. The van der Waals surface area contributed by atoms with E-state index in [1.807, 2.05) is 32.0 Å². The van der Waals surface area contributed by atoms with Crippen LogP contribution in [0.3, 0.4) is 0 Å². The molecule has 36 heavy (non-hydrogen) atoms. The molecule has 1 aromatic heterocycles. The molecule has 0 saturated carbocycles. The second-order valence-corrected chi connectivity index (χ2v) is 8.19. The van der Waals surface area contributed by atoms with Crippen molar-refractivity contribution >= 4 is 23.5 Å². The standard InChI is InChI=1S/C25H36N6O3.C2H6/c1-3-8-31(9-4-2)23-17-22(19-27-29-21-7-5-6-20(16-21)25(26)32)28-24(18-23)34-15-12-30-10-13-33-14-11-30;1-2/h5-7,16-19,29H,3-4,8-15H2,1-2H3,(H2,26,32);1-2H3/b27-19+;. The first-order valence-electron chi connectivity index (χ1n) is 13.0. The van der Waals surface area contributed by atoms with E-state index in [-0.39, 0.29) is 0 Å². The van der Waals surface area contributed by atoms with E-state index < -0.39 is 5.91 Å². The summed E-state index contributed by atoms with van der Waals surface area (Å²) in [4.78, 5) is 20.7. The Kier molecular flexibility index (Phi) is 13.3. The van der Waals surface area contributed by atoms with Gasteiger partial charge in [-0.1, -0.05) is 33.8 Å². The molecule has 9 nitrogen and oxygen atoms in total. The highest BCUT2D eigenvalue weighted by atomic mass is 16.5. The Bertz CT molecular complexity index is 941. The van der Waals surface area contributed by atoms with Crippen LogP contribution in [0.15, 0.2) is 41.5 Å². The van der Waals surface area contributed by atoms with Crippen molar-refractivity contribution in [1.29, 1.82) is 0 Å². The number of nitrogens with zero attached hydrogens (tertiary/aromatic N) is 4. The Balaban J connectivity index is 0.00000222. The molecule has 0 unspecified atom stereocenters. The predicted octanol–water partition coefficient (Wildman–Crippen LogP) is 3.99. The van der Waals surface area contributed by atoms with Crippen LogP contribution in [-0.2, 0) is 4.74 Å². The molecule has 198 valence electrons. The van der Waals surface area contributed by atoms with Crippen LogP contribution in [0.4, 0.5) is 11.4 Å². The van der Waals surface area contributed by atoms with Gasteiger partial charge >= 0.3 is 0 Å². The first-order valence-corrected chi connectivity index (χ1v) is 13.0. The van der Waals surface area contributed by atoms with Crippen molar-refractivity contribution in [2.45, 2.75) is 40.5 Å². The molecule has 3 N–H and O–H groups in total. The first-order chi connectivity index (χ1) is 17.6. The molecule has 0 radical (unpaired) electrons. The molecule has 1 aliphatic rings. The fraction of sp³-hybridized carbons (Fsp3) is 0.519. The van der Waals surface area contributed by atoms with Crippen LogP contribution in [0.5, 0.6) is 5.88 Å². The number of primary amides is 1. The Morgan fingerprint density at radius 2 is 1.92 bits per heavy atom. The number of benzene rings is 1. The van der Waals surface area contributed by atoms with E-state index in [1.54, 1.807) is 24.4 Å². The van der Waals surface area contributed by atoms with Crippen molar-refractivity contribution in [2.75, 3.05) is 62.9 Å². The summed E-state index contributed by atoms with van der Waals surface area (Å²) in [6, 6.07) is 10.9. The average molecular weight is 499 g/mol. The van der Waals surface area contributed by atoms with Crippen LogP contribution in [0.2, 0.25) is 0 Å². The number of nitrogens with one attached hydrogen (secondary N) is 1. The Hall–Kier alpha value is -3.17. The third-order valence-corrected chi connectivity index (χ3v) is 5.46. The molecule has 0 atom stereocenters. The van der Waals surface area contributed by atoms with Gasteiger partial charge in [0.2, 0.25) is 11.8 Å². The smallest absolute Gasteiger partial charge is 0.248 e. The summed E-state index contributed by atoms with van der Waals surface area (Å²) in [5.41, 5.74) is 11.1. The molecule has 0 spiro atoms. The van der Waals surface area contributed by atoms with Crippen LogP contribution >= 0.6 is 0 Å². The molecule has 0 aliphatic carbocycles. The fourth-order valence-corrected chi connectivity index (χ4v) is 3.76. The zero-order valence-corrected chi connectivity index (χ0v) is 22.2. The maximum atomic E-state index is 11.4. The van der Waals surface area contributed by atoms with Crippen molar-refractivity contribution < 1.29 is 14.3 Å². The number of rotatable bonds is 13. The lowest BCUT2D eigenvalue weighted by molar-refractivity contribution is 0.0320. The largest absolute Gasteiger partial charge is 0.476 e. The van der Waals surface area contributed by atoms with Crippen LogP contribution in [0.1, 0.15) is 56.6 Å². The third kappa shape index (κ3) is 9.83. The topological polar surface area (TPSA) is 105 Å². The number of aromatic nitrogens is 1. The van der Waals surface area contributed by atoms with Crippen LogP contribution < -0.4 is 20.8 Å². The van der Waals surface area contributed by atoms with Gasteiger partial charge in [0.1, 0.15) is 6.61 Å². The van der Waals surface area contributed by atoms with E-state index in [0.717, 1.165) is 64.5 Å². The zero-order chi connectivity index (χ0) is 26.2. The molecule has 1 amide bonds. The number of hydrogen-bond donors (Lipinski definition) is 2. The van der Waals surface area contributed by atoms with Gasteiger partial charge in [0.05, 0.1) is 30.8 Å². The fourth-order valence-electron chi connectivity index (χ4n) is 3.76. The van der Waals surface area contributed by atoms with E-state index in [0.29, 0.717) is 29.4 Å². The number of nitrogens with two attached hydrogens (primary N) is 1. The number of carbonyl (C=O) groups is 1. The van der Waals surface area contributed by atoms with Crippen LogP contribution in [0.25, 0.3) is 0 Å². The molecule has 1 fully saturated rings. The minimum atomic E-state index is -0.479. The number of ether oxygens (including phenoxy) is 2. The molecule has 3 rings (SSSR count). The number of hydrogen-bond acceptors (Lipinski definition) is 8. The summed E-state index contributed by atoms with van der Waals surface area (Å²) in [6.45, 7) is 15.1. The summed E-state index contributed by atoms with van der Waals surface area (Å²) in [6.07, 6.45) is 3.76. The minimum Gasteiger partial charge on any atom is -0.476 e. The molecule has 9 heteroatoms. The lowest BCUT2D eigenvalue weighted by atomic mass is 10.2. The van der Waals surface area contributed by atoms with Crippen LogP contribution in [-0.4, -0.2) is 74.6 Å². The monoisotopic (exact) mass is 498 g/mol. The third-order valence-electron chi connectivity index (χ3n) is 5.46. The minimum absolute atomic E-state index is 0.422. The summed E-state index contributed by atoms with van der Waals surface area (Å²) < 4.78 is 11.5. The zero-order valence-electron chi connectivity index (χ0n) is 22.2. The Labute approximate surface area is 215 Å². The van der Waals surface area contributed by atoms with Crippen molar-refractivity contribution in [1.82, 2.24) is 9.88 Å². The van der Waals surface area contributed by atoms with E-state index in [4.69, 9.17) is 15.2 Å². The second kappa shape index (κ2) is 16.5. The highest BCUT2D eigenvalue weighted by Crippen LogP contribution is 2.22. The van der Waals surface area contributed by atoms with Crippen molar-refractivity contribution in [3.63, 3.8) is 0 Å². The highest BCUT2D eigenvalue weighted by Gasteiger charge is 2.12. The van der Waals surface area contributed by atoms with Gasteiger partial charge in [-0.05, 0) is 37.1 Å². The quantitative estimate of drug-likeness (QED) is 0.318. The molecule has 0 bridgehead atoms. The molecule has 1 aliphatic heterocycles. The van der Waals surface area contributed by atoms with E-state index >= 15 is 0 Å².